The van der Waals surface area contributed by atoms with Crippen molar-refractivity contribution in [3.63, 3.8) is 0 Å². The van der Waals surface area contributed by atoms with Crippen LogP contribution in [0.1, 0.15) is 78.1 Å². The molecule has 3 nitrogen and oxygen atoms in total. The molecule has 0 unspecified atom stereocenters. The van der Waals surface area contributed by atoms with E-state index in [1.165, 1.54) is 0 Å². The lowest BCUT2D eigenvalue weighted by molar-refractivity contribution is 0.131. The summed E-state index contributed by atoms with van der Waals surface area (Å²) in [5.41, 5.74) is 8.45. The van der Waals surface area contributed by atoms with E-state index in [9.17, 15) is 10.2 Å². The van der Waals surface area contributed by atoms with E-state index in [0.717, 1.165) is 16.7 Å². The Hall–Kier alpha value is -0.770. The first-order chi connectivity index (χ1) is 9.71. The molecule has 134 valence electrons. The molecule has 1 rings (SSSR count). The second-order valence-electron chi connectivity index (χ2n) is 9.09. The van der Waals surface area contributed by atoms with Crippen molar-refractivity contribution in [1.29, 1.82) is 0 Å². The minimum absolute atomic E-state index is 0. The second-order valence-corrected chi connectivity index (χ2v) is 9.09. The van der Waals surface area contributed by atoms with Gasteiger partial charge < -0.3 is 15.9 Å². The van der Waals surface area contributed by atoms with Gasteiger partial charge in [-0.2, -0.15) is 0 Å². The van der Waals surface area contributed by atoms with Crippen molar-refractivity contribution in [3.05, 3.63) is 28.8 Å². The van der Waals surface area contributed by atoms with E-state index in [1.54, 1.807) is 0 Å². The molecule has 0 aliphatic rings. The average Bonchev–Trinajstić information content (AvgIpc) is 2.35. The van der Waals surface area contributed by atoms with E-state index in [2.05, 4.69) is 47.6 Å². The molecule has 0 spiro atoms. The van der Waals surface area contributed by atoms with Gasteiger partial charge in [0.25, 0.3) is 0 Å². The summed E-state index contributed by atoms with van der Waals surface area (Å²) in [4.78, 5) is 0. The largest absolute Gasteiger partial charge is 0.507 e. The predicted molar refractivity (Wildman–Crippen MR) is 101 cm³/mol. The number of phenols is 1. The summed E-state index contributed by atoms with van der Waals surface area (Å²) < 4.78 is 0. The second kappa shape index (κ2) is 7.00. The maximum atomic E-state index is 10.8. The fourth-order valence-electron chi connectivity index (χ4n) is 2.42. The molecule has 0 fully saturated rings. The third kappa shape index (κ3) is 4.85. The Balaban J connectivity index is 0.00000484. The summed E-state index contributed by atoms with van der Waals surface area (Å²) in [5, 5.41) is 20.4. The van der Waals surface area contributed by atoms with E-state index in [-0.39, 0.29) is 35.6 Å². The Morgan fingerprint density at radius 1 is 0.957 bits per heavy atom. The molecule has 1 aromatic carbocycles. The molecular weight excluding hydrogens is 310 g/mol. The minimum Gasteiger partial charge on any atom is -0.507 e. The van der Waals surface area contributed by atoms with Crippen molar-refractivity contribution in [3.8, 4) is 5.75 Å². The Morgan fingerprint density at radius 3 is 1.78 bits per heavy atom. The third-order valence-corrected chi connectivity index (χ3v) is 4.40. The summed E-state index contributed by atoms with van der Waals surface area (Å²) in [6.07, 6.45) is 0. The Bertz CT molecular complexity index is 540. The van der Waals surface area contributed by atoms with Gasteiger partial charge in [0, 0.05) is 23.6 Å². The number of nitrogens with two attached hydrogens (primary N) is 1. The number of aliphatic hydroxyl groups excluding tert-OH is 1. The van der Waals surface area contributed by atoms with Crippen LogP contribution in [0.2, 0.25) is 0 Å². The number of hydrogen-bond acceptors (Lipinski definition) is 3. The van der Waals surface area contributed by atoms with Crippen molar-refractivity contribution in [2.24, 2.45) is 11.1 Å². The number of rotatable bonds is 3. The number of halogens is 1. The van der Waals surface area contributed by atoms with Gasteiger partial charge in [0.1, 0.15) is 5.75 Å². The van der Waals surface area contributed by atoms with Crippen molar-refractivity contribution < 1.29 is 10.2 Å². The topological polar surface area (TPSA) is 66.5 Å². The number of aliphatic hydroxyl groups is 1. The molecule has 4 N–H and O–H groups in total. The quantitative estimate of drug-likeness (QED) is 0.760. The monoisotopic (exact) mass is 343 g/mol. The zero-order valence-corrected chi connectivity index (χ0v) is 16.6. The number of benzene rings is 1. The van der Waals surface area contributed by atoms with Crippen LogP contribution in [0.15, 0.2) is 12.1 Å². The van der Waals surface area contributed by atoms with Crippen LogP contribution in [0.4, 0.5) is 0 Å². The highest BCUT2D eigenvalue weighted by Crippen LogP contribution is 2.43. The third-order valence-electron chi connectivity index (χ3n) is 4.40. The predicted octanol–water partition coefficient (Wildman–Crippen LogP) is 4.43. The van der Waals surface area contributed by atoms with Gasteiger partial charge in [0.15, 0.2) is 0 Å². The lowest BCUT2D eigenvalue weighted by Gasteiger charge is -2.34. The maximum Gasteiger partial charge on any atom is 0.124 e. The summed E-state index contributed by atoms with van der Waals surface area (Å²) >= 11 is 0. The van der Waals surface area contributed by atoms with Crippen LogP contribution in [0.5, 0.6) is 5.75 Å². The first-order valence-corrected chi connectivity index (χ1v) is 7.96. The van der Waals surface area contributed by atoms with Gasteiger partial charge in [-0.1, -0.05) is 61.5 Å². The highest BCUT2D eigenvalue weighted by molar-refractivity contribution is 5.85. The molecule has 0 aliphatic heterocycles. The fraction of sp³-hybridized carbons (Fsp3) is 0.684. The van der Waals surface area contributed by atoms with Crippen LogP contribution >= 0.6 is 12.4 Å². The molecule has 1 aromatic rings. The van der Waals surface area contributed by atoms with E-state index in [4.69, 9.17) is 5.73 Å². The Kier molecular flexibility index (Phi) is 6.77. The van der Waals surface area contributed by atoms with Crippen LogP contribution in [0, 0.1) is 5.41 Å². The van der Waals surface area contributed by atoms with Gasteiger partial charge in [-0.15, -0.1) is 12.4 Å². The Morgan fingerprint density at radius 2 is 1.43 bits per heavy atom. The molecular formula is C19H34ClNO2. The van der Waals surface area contributed by atoms with Crippen molar-refractivity contribution >= 4 is 12.4 Å². The van der Waals surface area contributed by atoms with Gasteiger partial charge in [-0.3, -0.25) is 0 Å². The zero-order valence-electron chi connectivity index (χ0n) is 15.8. The van der Waals surface area contributed by atoms with E-state index < -0.39 is 11.5 Å². The van der Waals surface area contributed by atoms with Crippen molar-refractivity contribution in [2.75, 3.05) is 6.61 Å². The van der Waals surface area contributed by atoms with Gasteiger partial charge in [-0.25, -0.2) is 0 Å². The lowest BCUT2D eigenvalue weighted by atomic mass is 9.74. The first kappa shape index (κ1) is 22.2. The first-order valence-electron chi connectivity index (χ1n) is 7.96. The van der Waals surface area contributed by atoms with E-state index in [1.807, 2.05) is 19.9 Å². The highest BCUT2D eigenvalue weighted by Gasteiger charge is 2.33. The van der Waals surface area contributed by atoms with Crippen molar-refractivity contribution in [2.45, 2.75) is 72.3 Å². The van der Waals surface area contributed by atoms with Crippen molar-refractivity contribution in [1.82, 2.24) is 0 Å². The molecule has 0 amide bonds. The highest BCUT2D eigenvalue weighted by atomic mass is 35.5. The smallest absolute Gasteiger partial charge is 0.124 e. The van der Waals surface area contributed by atoms with Gasteiger partial charge in [-0.05, 0) is 28.0 Å². The molecule has 0 heterocycles. The summed E-state index contributed by atoms with van der Waals surface area (Å²) in [6, 6.07) is 3.64. The van der Waals surface area contributed by atoms with Crippen LogP contribution in [0.3, 0.4) is 0 Å². The number of phenolic OH excluding ortho intramolecular Hbond substituents is 1. The fourth-order valence-corrected chi connectivity index (χ4v) is 2.42. The summed E-state index contributed by atoms with van der Waals surface area (Å²) in [6.45, 7) is 16.5. The molecule has 0 aromatic heterocycles. The molecule has 0 saturated heterocycles. The molecule has 0 saturated carbocycles. The Labute approximate surface area is 147 Å². The normalized spacial score (nSPS) is 14.3. The SMILES string of the molecule is CC(C)(C)c1cc([C@H](N)C(C)(C)CO)c(O)c(C(C)(C)C)c1.Cl. The molecule has 1 atom stereocenters. The molecule has 0 aliphatic carbocycles. The summed E-state index contributed by atoms with van der Waals surface area (Å²) in [7, 11) is 0. The minimum atomic E-state index is -0.497. The molecule has 23 heavy (non-hydrogen) atoms. The molecule has 0 radical (unpaired) electrons. The zero-order chi connectivity index (χ0) is 17.5. The van der Waals surface area contributed by atoms with Gasteiger partial charge >= 0.3 is 0 Å². The molecule has 0 bridgehead atoms. The lowest BCUT2D eigenvalue weighted by Crippen LogP contribution is -2.33. The standard InChI is InChI=1S/C19H33NO2.ClH/c1-17(2,3)12-9-13(16(20)19(7,8)11-21)15(22)14(10-12)18(4,5)6;/h9-10,16,21-22H,11,20H2,1-8H3;1H/t16-;/m0./s1. The van der Waals surface area contributed by atoms with E-state index in [0.29, 0.717) is 0 Å². The van der Waals surface area contributed by atoms with Crippen LogP contribution in [-0.2, 0) is 10.8 Å². The average molecular weight is 344 g/mol. The van der Waals surface area contributed by atoms with Crippen LogP contribution in [0.25, 0.3) is 0 Å². The van der Waals surface area contributed by atoms with Gasteiger partial charge in [0.2, 0.25) is 0 Å². The van der Waals surface area contributed by atoms with E-state index >= 15 is 0 Å². The number of aromatic hydroxyl groups is 1. The maximum absolute atomic E-state index is 10.8. The summed E-state index contributed by atoms with van der Waals surface area (Å²) in [5.74, 6) is 0.259. The van der Waals surface area contributed by atoms with Crippen LogP contribution in [-0.4, -0.2) is 16.8 Å². The number of hydrogen-bond donors (Lipinski definition) is 3. The van der Waals surface area contributed by atoms with Crippen LogP contribution < -0.4 is 5.73 Å². The van der Waals surface area contributed by atoms with Gasteiger partial charge in [0.05, 0.1) is 0 Å². The molecule has 4 heteroatoms.